The number of allylic oxidation sites excluding steroid dienone is 1. The number of halogens is 2. The molecule has 0 bridgehead atoms. The van der Waals surface area contributed by atoms with Crippen LogP contribution in [0.2, 0.25) is 0 Å². The van der Waals surface area contributed by atoms with Crippen LogP contribution in [0.15, 0.2) is 11.3 Å². The molecule has 0 aliphatic carbocycles. The average molecular weight is 459 g/mol. The molecule has 1 fully saturated rings. The van der Waals surface area contributed by atoms with Crippen molar-refractivity contribution in [3.8, 4) is 0 Å². The minimum atomic E-state index is -3.71. The summed E-state index contributed by atoms with van der Waals surface area (Å²) in [4.78, 5) is 26.1. The number of β-lactam (4-membered cyclic amide) rings is 1. The number of ether oxygens (including phenoxy) is 1. The van der Waals surface area contributed by atoms with E-state index in [1.807, 2.05) is 0 Å². The van der Waals surface area contributed by atoms with Crippen molar-refractivity contribution in [3.05, 3.63) is 11.3 Å². The van der Waals surface area contributed by atoms with Crippen molar-refractivity contribution in [1.82, 2.24) is 4.90 Å². The van der Waals surface area contributed by atoms with Gasteiger partial charge < -0.3 is 4.74 Å². The number of hydrogen-bond acceptors (Lipinski definition) is 5. The van der Waals surface area contributed by atoms with Crippen LogP contribution in [0.25, 0.3) is 0 Å². The Labute approximate surface area is 146 Å². The number of carbonyl (C=O) groups is 2. The summed E-state index contributed by atoms with van der Waals surface area (Å²) in [5.74, 6) is -0.768. The Morgan fingerprint density at radius 2 is 1.91 bits per heavy atom. The number of nitrogens with zero attached hydrogens (tertiary/aromatic N) is 1. The van der Waals surface area contributed by atoms with Gasteiger partial charge in [0, 0.05) is 17.9 Å². The topological polar surface area (TPSA) is 80.8 Å². The Balaban J connectivity index is 2.68. The molecule has 0 aromatic rings. The second kappa shape index (κ2) is 5.68. The van der Waals surface area contributed by atoms with Gasteiger partial charge in [-0.3, -0.25) is 14.5 Å². The number of ketones is 1. The van der Waals surface area contributed by atoms with E-state index < -0.39 is 36.8 Å². The lowest BCUT2D eigenvalue weighted by Gasteiger charge is -2.50. The van der Waals surface area contributed by atoms with Gasteiger partial charge in [-0.15, -0.1) is 0 Å². The highest BCUT2D eigenvalue weighted by Gasteiger charge is 2.63. The number of fused-ring (bicyclic) bond motifs is 1. The summed E-state index contributed by atoms with van der Waals surface area (Å²) in [5, 5.41) is -0.980. The van der Waals surface area contributed by atoms with Gasteiger partial charge in [0.15, 0.2) is 27.1 Å². The van der Waals surface area contributed by atoms with Gasteiger partial charge in [-0.05, 0) is 5.57 Å². The number of amides is 1. The molecule has 0 aromatic heterocycles. The van der Waals surface area contributed by atoms with Crippen LogP contribution in [0.1, 0.15) is 20.8 Å². The fraction of sp³-hybridized carbons (Fsp3) is 0.692. The maximum atomic E-state index is 12.7. The van der Waals surface area contributed by atoms with Gasteiger partial charge in [0.2, 0.25) is 0 Å². The van der Waals surface area contributed by atoms with E-state index in [4.69, 9.17) is 4.74 Å². The van der Waals surface area contributed by atoms with Crippen LogP contribution >= 0.6 is 31.9 Å². The van der Waals surface area contributed by atoms with Crippen molar-refractivity contribution in [2.75, 3.05) is 12.4 Å². The van der Waals surface area contributed by atoms with Gasteiger partial charge in [-0.2, -0.15) is 0 Å². The number of Topliss-reactive ketones (excluding diaryl/α,β-unsaturated/α-hetero) is 1. The summed E-state index contributed by atoms with van der Waals surface area (Å²) in [6.45, 7) is 5.19. The molecule has 0 spiro atoms. The zero-order valence-electron chi connectivity index (χ0n) is 12.6. The zero-order chi connectivity index (χ0) is 17.0. The fourth-order valence-corrected chi connectivity index (χ4v) is 6.72. The second-order valence-corrected chi connectivity index (χ2v) is 10.5. The van der Waals surface area contributed by atoms with Crippen molar-refractivity contribution in [1.29, 1.82) is 0 Å². The number of hydrogen-bond donors (Lipinski definition) is 0. The van der Waals surface area contributed by atoms with Crippen LogP contribution in [0.5, 0.6) is 0 Å². The number of methoxy groups -OCH3 is 1. The first-order valence-electron chi connectivity index (χ1n) is 6.56. The molecule has 9 heteroatoms. The molecule has 1 amide bonds. The summed E-state index contributed by atoms with van der Waals surface area (Å²) in [7, 11) is -2.43. The van der Waals surface area contributed by atoms with Gasteiger partial charge in [-0.25, -0.2) is 8.42 Å². The third-order valence-corrected chi connectivity index (χ3v) is 8.45. The van der Waals surface area contributed by atoms with Gasteiger partial charge in [-0.1, -0.05) is 52.6 Å². The molecule has 2 heterocycles. The third kappa shape index (κ3) is 2.40. The third-order valence-electron chi connectivity index (χ3n) is 3.73. The average Bonchev–Trinajstić information content (AvgIpc) is 2.40. The van der Waals surface area contributed by atoms with Crippen molar-refractivity contribution < 1.29 is 22.7 Å². The van der Waals surface area contributed by atoms with E-state index in [1.165, 1.54) is 7.11 Å². The molecule has 22 heavy (non-hydrogen) atoms. The summed E-state index contributed by atoms with van der Waals surface area (Å²) in [5.41, 5.74) is -0.233. The largest absolute Gasteiger partial charge is 0.368 e. The first kappa shape index (κ1) is 18.1. The molecule has 1 saturated heterocycles. The highest BCUT2D eigenvalue weighted by Crippen LogP contribution is 2.45. The van der Waals surface area contributed by atoms with Crippen LogP contribution in [0, 0.1) is 5.41 Å². The molecule has 2 aliphatic heterocycles. The van der Waals surface area contributed by atoms with E-state index >= 15 is 0 Å². The van der Waals surface area contributed by atoms with E-state index in [0.717, 1.165) is 4.90 Å². The van der Waals surface area contributed by atoms with Crippen molar-refractivity contribution >= 4 is 53.4 Å². The zero-order valence-corrected chi connectivity index (χ0v) is 16.6. The molecule has 2 aliphatic rings. The SMILES string of the molecule is CO[C@H]1C(=O)N2C(C(=O)C(C)(C)C)=C(CBr)[C@@H](Br)S(=O)(=O)[C@H]12. The predicted molar refractivity (Wildman–Crippen MR) is 88.3 cm³/mol. The van der Waals surface area contributed by atoms with E-state index in [-0.39, 0.29) is 16.8 Å². The first-order chi connectivity index (χ1) is 10.00. The minimum absolute atomic E-state index is 0.157. The highest BCUT2D eigenvalue weighted by molar-refractivity contribution is 9.11. The van der Waals surface area contributed by atoms with E-state index in [9.17, 15) is 18.0 Å². The van der Waals surface area contributed by atoms with Gasteiger partial charge in [0.05, 0.1) is 5.70 Å². The van der Waals surface area contributed by atoms with Gasteiger partial charge in [0.25, 0.3) is 5.91 Å². The Kier molecular flexibility index (Phi) is 4.67. The maximum absolute atomic E-state index is 12.7. The van der Waals surface area contributed by atoms with E-state index in [2.05, 4.69) is 31.9 Å². The lowest BCUT2D eigenvalue weighted by atomic mass is 9.86. The predicted octanol–water partition coefficient (Wildman–Crippen LogP) is 1.58. The quantitative estimate of drug-likeness (QED) is 0.473. The molecular weight excluding hydrogens is 442 g/mol. The molecule has 0 saturated carbocycles. The molecule has 2 rings (SSSR count). The summed E-state index contributed by atoms with van der Waals surface area (Å²) in [6, 6.07) is 0. The number of alkyl halides is 2. The van der Waals surface area contributed by atoms with Gasteiger partial charge >= 0.3 is 0 Å². The molecule has 3 atom stereocenters. The lowest BCUT2D eigenvalue weighted by Crippen LogP contribution is -2.71. The number of carbonyl (C=O) groups excluding carboxylic acids is 2. The molecule has 124 valence electrons. The van der Waals surface area contributed by atoms with Crippen LogP contribution < -0.4 is 0 Å². The van der Waals surface area contributed by atoms with Crippen LogP contribution in [-0.4, -0.2) is 53.1 Å². The van der Waals surface area contributed by atoms with Crippen molar-refractivity contribution in [3.63, 3.8) is 0 Å². The monoisotopic (exact) mass is 457 g/mol. The molecule has 0 radical (unpaired) electrons. The van der Waals surface area contributed by atoms with Gasteiger partial charge in [0.1, 0.15) is 4.16 Å². The summed E-state index contributed by atoms with van der Waals surface area (Å²) >= 11 is 6.40. The summed E-state index contributed by atoms with van der Waals surface area (Å²) in [6.07, 6.45) is -1.07. The normalized spacial score (nSPS) is 30.9. The van der Waals surface area contributed by atoms with Crippen LogP contribution in [-0.2, 0) is 24.2 Å². The number of sulfone groups is 1. The highest BCUT2D eigenvalue weighted by atomic mass is 79.9. The first-order valence-corrected chi connectivity index (χ1v) is 10.2. The molecular formula is C13H17Br2NO5S. The van der Waals surface area contributed by atoms with Crippen molar-refractivity contribution in [2.24, 2.45) is 5.41 Å². The smallest absolute Gasteiger partial charge is 0.260 e. The molecule has 6 nitrogen and oxygen atoms in total. The summed E-state index contributed by atoms with van der Waals surface area (Å²) < 4.78 is 29.2. The van der Waals surface area contributed by atoms with Crippen molar-refractivity contribution in [2.45, 2.75) is 36.4 Å². The standard InChI is InChI=1S/C13H17Br2NO5S/c1-13(2,3)9(17)7-6(5-14)10(15)22(19,20)12-8(21-4)11(18)16(7)12/h8,10,12H,5H2,1-4H3/t8-,10-,12+/m0/s1. The molecule has 0 N–H and O–H groups in total. The lowest BCUT2D eigenvalue weighted by molar-refractivity contribution is -0.161. The Bertz CT molecular complexity index is 664. The Morgan fingerprint density at radius 3 is 2.32 bits per heavy atom. The fourth-order valence-electron chi connectivity index (χ4n) is 2.53. The maximum Gasteiger partial charge on any atom is 0.260 e. The van der Waals surface area contributed by atoms with Crippen LogP contribution in [0.4, 0.5) is 0 Å². The second-order valence-electron chi connectivity index (χ2n) is 6.25. The van der Waals surface area contributed by atoms with E-state index in [0.29, 0.717) is 5.57 Å². The van der Waals surface area contributed by atoms with E-state index in [1.54, 1.807) is 20.8 Å². The minimum Gasteiger partial charge on any atom is -0.368 e. The Hall–Kier alpha value is -0.250. The number of rotatable bonds is 3. The molecule has 0 aromatic carbocycles. The Morgan fingerprint density at radius 1 is 1.36 bits per heavy atom. The molecule has 0 unspecified atom stereocenters. The van der Waals surface area contributed by atoms with Crippen LogP contribution in [0.3, 0.4) is 0 Å².